The molecule has 0 saturated carbocycles. The molecule has 0 saturated heterocycles. The molecule has 0 fully saturated rings. The summed E-state index contributed by atoms with van der Waals surface area (Å²) >= 11 is 0. The molecule has 0 aliphatic heterocycles. The average molecular weight is 260 g/mol. The minimum Gasteiger partial charge on any atom is -0.497 e. The quantitative estimate of drug-likeness (QED) is 0.835. The van der Waals surface area contributed by atoms with E-state index in [1.165, 1.54) is 12.7 Å². The number of methoxy groups -OCH3 is 2. The van der Waals surface area contributed by atoms with Gasteiger partial charge in [0.25, 0.3) is 0 Å². The highest BCUT2D eigenvalue weighted by atomic mass is 16.5. The standard InChI is InChI=1S/C16H20O3/c1-11-13(9-12-7-5-4-6-8-12)10-14(18-2)16(19-3)15(11)17/h4-8,11,13H,9-10H2,1-3H3. The molecule has 0 spiro atoms. The predicted molar refractivity (Wildman–Crippen MR) is 73.5 cm³/mol. The minimum absolute atomic E-state index is 0.0333. The first-order chi connectivity index (χ1) is 9.17. The van der Waals surface area contributed by atoms with Crippen molar-refractivity contribution < 1.29 is 14.3 Å². The fourth-order valence-electron chi connectivity index (χ4n) is 2.62. The number of Topliss-reactive ketones (excluding diaryl/α,β-unsaturated/α-hetero) is 1. The molecule has 19 heavy (non-hydrogen) atoms. The number of ether oxygens (including phenoxy) is 2. The van der Waals surface area contributed by atoms with Gasteiger partial charge in [-0.1, -0.05) is 37.3 Å². The first kappa shape index (κ1) is 13.7. The molecule has 2 atom stereocenters. The van der Waals surface area contributed by atoms with Crippen LogP contribution in [0, 0.1) is 11.8 Å². The third-order valence-corrected chi connectivity index (χ3v) is 3.84. The zero-order valence-electron chi connectivity index (χ0n) is 11.7. The molecule has 0 aromatic heterocycles. The Hall–Kier alpha value is -1.77. The van der Waals surface area contributed by atoms with Gasteiger partial charge in [-0.15, -0.1) is 0 Å². The van der Waals surface area contributed by atoms with Gasteiger partial charge in [0.15, 0.2) is 5.76 Å². The molecule has 1 aromatic carbocycles. The van der Waals surface area contributed by atoms with Gasteiger partial charge in [-0.3, -0.25) is 4.79 Å². The number of hydrogen-bond acceptors (Lipinski definition) is 3. The molecule has 1 aromatic rings. The minimum atomic E-state index is -0.0333. The first-order valence-electron chi connectivity index (χ1n) is 6.56. The van der Waals surface area contributed by atoms with Crippen LogP contribution in [0.15, 0.2) is 41.9 Å². The first-order valence-corrected chi connectivity index (χ1v) is 6.56. The number of carbonyl (C=O) groups excluding carboxylic acids is 1. The van der Waals surface area contributed by atoms with Crippen molar-refractivity contribution in [3.63, 3.8) is 0 Å². The van der Waals surface area contributed by atoms with E-state index >= 15 is 0 Å². The molecule has 2 unspecified atom stereocenters. The molecule has 0 bridgehead atoms. The highest BCUT2D eigenvalue weighted by molar-refractivity contribution is 5.96. The summed E-state index contributed by atoms with van der Waals surface area (Å²) < 4.78 is 10.5. The van der Waals surface area contributed by atoms with Gasteiger partial charge in [0, 0.05) is 12.3 Å². The maximum atomic E-state index is 12.3. The summed E-state index contributed by atoms with van der Waals surface area (Å²) in [4.78, 5) is 12.3. The summed E-state index contributed by atoms with van der Waals surface area (Å²) in [5.74, 6) is 1.34. The van der Waals surface area contributed by atoms with Gasteiger partial charge in [-0.05, 0) is 17.9 Å². The van der Waals surface area contributed by atoms with Gasteiger partial charge in [0.05, 0.1) is 14.2 Å². The summed E-state index contributed by atoms with van der Waals surface area (Å²) in [5.41, 5.74) is 1.25. The Labute approximate surface area is 114 Å². The second kappa shape index (κ2) is 5.91. The maximum absolute atomic E-state index is 12.3. The molecular formula is C16H20O3. The largest absolute Gasteiger partial charge is 0.497 e. The molecule has 102 valence electrons. The zero-order valence-corrected chi connectivity index (χ0v) is 11.7. The molecule has 0 amide bonds. The second-order valence-electron chi connectivity index (χ2n) is 4.97. The number of carbonyl (C=O) groups is 1. The van der Waals surface area contributed by atoms with Crippen molar-refractivity contribution in [2.45, 2.75) is 19.8 Å². The number of hydrogen-bond donors (Lipinski definition) is 0. The van der Waals surface area contributed by atoms with E-state index in [1.807, 2.05) is 25.1 Å². The van der Waals surface area contributed by atoms with Gasteiger partial charge >= 0.3 is 0 Å². The molecule has 1 aliphatic carbocycles. The SMILES string of the molecule is COC1=C(OC)C(=O)C(C)C(Cc2ccccc2)C1. The fourth-order valence-corrected chi connectivity index (χ4v) is 2.62. The molecule has 0 heterocycles. The van der Waals surface area contributed by atoms with E-state index < -0.39 is 0 Å². The lowest BCUT2D eigenvalue weighted by atomic mass is 9.78. The summed E-state index contributed by atoms with van der Waals surface area (Å²) in [6, 6.07) is 10.2. The third kappa shape index (κ3) is 2.80. The van der Waals surface area contributed by atoms with Crippen LogP contribution in [0.2, 0.25) is 0 Å². The van der Waals surface area contributed by atoms with Crippen LogP contribution in [-0.4, -0.2) is 20.0 Å². The van der Waals surface area contributed by atoms with Crippen LogP contribution in [-0.2, 0) is 20.7 Å². The highest BCUT2D eigenvalue weighted by Crippen LogP contribution is 2.34. The lowest BCUT2D eigenvalue weighted by Gasteiger charge is -2.29. The molecule has 3 heteroatoms. The van der Waals surface area contributed by atoms with Crippen molar-refractivity contribution in [2.75, 3.05) is 14.2 Å². The molecule has 3 nitrogen and oxygen atoms in total. The Kier molecular flexibility index (Phi) is 4.25. The van der Waals surface area contributed by atoms with Crippen LogP contribution in [0.1, 0.15) is 18.9 Å². The van der Waals surface area contributed by atoms with Gasteiger partial charge < -0.3 is 9.47 Å². The van der Waals surface area contributed by atoms with E-state index in [0.29, 0.717) is 11.5 Å². The number of rotatable bonds is 4. The molecular weight excluding hydrogens is 240 g/mol. The van der Waals surface area contributed by atoms with Crippen molar-refractivity contribution in [3.05, 3.63) is 47.4 Å². The van der Waals surface area contributed by atoms with Crippen molar-refractivity contribution in [3.8, 4) is 0 Å². The topological polar surface area (TPSA) is 35.5 Å². The second-order valence-corrected chi connectivity index (χ2v) is 4.97. The molecule has 0 radical (unpaired) electrons. The smallest absolute Gasteiger partial charge is 0.203 e. The maximum Gasteiger partial charge on any atom is 0.203 e. The van der Waals surface area contributed by atoms with Crippen molar-refractivity contribution in [1.29, 1.82) is 0 Å². The summed E-state index contributed by atoms with van der Waals surface area (Å²) in [5, 5.41) is 0. The Morgan fingerprint density at radius 1 is 1.16 bits per heavy atom. The number of allylic oxidation sites excluding steroid dienone is 2. The Morgan fingerprint density at radius 3 is 2.42 bits per heavy atom. The van der Waals surface area contributed by atoms with Gasteiger partial charge in [-0.25, -0.2) is 0 Å². The zero-order chi connectivity index (χ0) is 13.8. The van der Waals surface area contributed by atoms with Crippen LogP contribution in [0.4, 0.5) is 0 Å². The van der Waals surface area contributed by atoms with Gasteiger partial charge in [-0.2, -0.15) is 0 Å². The molecule has 1 aliphatic rings. The number of benzene rings is 1. The molecule has 2 rings (SSSR count). The van der Waals surface area contributed by atoms with Crippen LogP contribution >= 0.6 is 0 Å². The van der Waals surface area contributed by atoms with Crippen molar-refractivity contribution >= 4 is 5.78 Å². The van der Waals surface area contributed by atoms with Crippen LogP contribution < -0.4 is 0 Å². The normalized spacial score (nSPS) is 23.4. The van der Waals surface area contributed by atoms with Gasteiger partial charge in [0.1, 0.15) is 5.76 Å². The van der Waals surface area contributed by atoms with E-state index in [0.717, 1.165) is 12.8 Å². The summed E-state index contributed by atoms with van der Waals surface area (Å²) in [6.45, 7) is 1.97. The summed E-state index contributed by atoms with van der Waals surface area (Å²) in [6.07, 6.45) is 1.64. The van der Waals surface area contributed by atoms with E-state index in [1.54, 1.807) is 7.11 Å². The predicted octanol–water partition coefficient (Wildman–Crippen LogP) is 2.96. The lowest BCUT2D eigenvalue weighted by Crippen LogP contribution is -2.31. The van der Waals surface area contributed by atoms with Crippen LogP contribution in [0.3, 0.4) is 0 Å². The van der Waals surface area contributed by atoms with E-state index in [4.69, 9.17) is 9.47 Å². The Balaban J connectivity index is 2.20. The van der Waals surface area contributed by atoms with Crippen LogP contribution in [0.25, 0.3) is 0 Å². The molecule has 0 N–H and O–H groups in total. The van der Waals surface area contributed by atoms with Crippen molar-refractivity contribution in [1.82, 2.24) is 0 Å². The van der Waals surface area contributed by atoms with E-state index in [2.05, 4.69) is 12.1 Å². The highest BCUT2D eigenvalue weighted by Gasteiger charge is 2.35. The average Bonchev–Trinajstić information content (AvgIpc) is 2.45. The Morgan fingerprint density at radius 2 is 1.84 bits per heavy atom. The number of ketones is 1. The monoisotopic (exact) mass is 260 g/mol. The summed E-state index contributed by atoms with van der Waals surface area (Å²) in [7, 11) is 3.12. The Bertz CT molecular complexity index is 476. The third-order valence-electron chi connectivity index (χ3n) is 3.84. The van der Waals surface area contributed by atoms with Gasteiger partial charge in [0.2, 0.25) is 5.78 Å². The lowest BCUT2D eigenvalue weighted by molar-refractivity contribution is -0.125. The van der Waals surface area contributed by atoms with E-state index in [9.17, 15) is 4.79 Å². The fraction of sp³-hybridized carbons (Fsp3) is 0.438. The van der Waals surface area contributed by atoms with Crippen LogP contribution in [0.5, 0.6) is 0 Å². The van der Waals surface area contributed by atoms with E-state index in [-0.39, 0.29) is 17.6 Å². The van der Waals surface area contributed by atoms with Crippen molar-refractivity contribution in [2.24, 2.45) is 11.8 Å².